The van der Waals surface area contributed by atoms with Gasteiger partial charge in [0.05, 0.1) is 19.2 Å². The Morgan fingerprint density at radius 2 is 1.94 bits per heavy atom. The SMILES string of the molecule is CC1(NCC(=O)N2CCC[C@H]2C#N)CCN(S(=O)(=O)OCC2O[C@@H]3OC(C)(C)O[C@@H]3[C@H]2O)CC1. The van der Waals surface area contributed by atoms with Gasteiger partial charge in [-0.2, -0.15) is 18.0 Å². The molecule has 4 fully saturated rings. The highest BCUT2D eigenvalue weighted by Gasteiger charge is 2.54. The number of fused-ring (bicyclic) bond motifs is 1. The van der Waals surface area contributed by atoms with Gasteiger partial charge in [0.2, 0.25) is 5.91 Å². The number of aliphatic hydroxyl groups is 1. The normalized spacial score (nSPS) is 35.3. The molecule has 1 unspecified atom stereocenters. The van der Waals surface area contributed by atoms with Crippen LogP contribution in [0, 0.1) is 11.3 Å². The van der Waals surface area contributed by atoms with Crippen molar-refractivity contribution in [2.24, 2.45) is 0 Å². The Balaban J connectivity index is 1.22. The summed E-state index contributed by atoms with van der Waals surface area (Å²) in [5, 5.41) is 22.8. The lowest BCUT2D eigenvalue weighted by atomic mass is 9.90. The van der Waals surface area contributed by atoms with Crippen LogP contribution in [0.25, 0.3) is 0 Å². The Hall–Kier alpha value is -1.37. The number of amides is 1. The minimum absolute atomic E-state index is 0.109. The second-order valence-electron chi connectivity index (χ2n) is 10.1. The van der Waals surface area contributed by atoms with Gasteiger partial charge in [-0.3, -0.25) is 8.98 Å². The van der Waals surface area contributed by atoms with Gasteiger partial charge in [0.15, 0.2) is 12.1 Å². The quantitative estimate of drug-likeness (QED) is 0.464. The Labute approximate surface area is 200 Å². The number of piperidine rings is 1. The Morgan fingerprint density at radius 3 is 2.59 bits per heavy atom. The third kappa shape index (κ3) is 5.39. The molecule has 34 heavy (non-hydrogen) atoms. The number of likely N-dealkylation sites (tertiary alicyclic amines) is 1. The van der Waals surface area contributed by atoms with Crippen LogP contribution in [0.1, 0.15) is 46.5 Å². The molecule has 0 spiro atoms. The van der Waals surface area contributed by atoms with Gasteiger partial charge in [0.25, 0.3) is 0 Å². The summed E-state index contributed by atoms with van der Waals surface area (Å²) in [5.41, 5.74) is -0.409. The largest absolute Gasteiger partial charge is 0.387 e. The fourth-order valence-electron chi connectivity index (χ4n) is 4.89. The molecule has 4 saturated heterocycles. The molecular weight excluding hydrogens is 468 g/mol. The van der Waals surface area contributed by atoms with Crippen LogP contribution in [0.15, 0.2) is 0 Å². The topological polar surface area (TPSA) is 151 Å². The molecule has 0 aromatic heterocycles. The van der Waals surface area contributed by atoms with E-state index in [1.54, 1.807) is 18.7 Å². The molecule has 4 aliphatic rings. The molecule has 12 nitrogen and oxygen atoms in total. The van der Waals surface area contributed by atoms with E-state index in [1.165, 1.54) is 4.31 Å². The van der Waals surface area contributed by atoms with Crippen LogP contribution in [-0.2, 0) is 33.5 Å². The zero-order valence-corrected chi connectivity index (χ0v) is 20.6. The molecular formula is C21H34N4O8S. The van der Waals surface area contributed by atoms with Gasteiger partial charge in [-0.05, 0) is 46.5 Å². The second-order valence-corrected chi connectivity index (χ2v) is 11.7. The summed E-state index contributed by atoms with van der Waals surface area (Å²) >= 11 is 0. The number of nitrogens with zero attached hydrogens (tertiary/aromatic N) is 3. The summed E-state index contributed by atoms with van der Waals surface area (Å²) in [6.07, 6.45) is -0.891. The highest BCUT2D eigenvalue weighted by Crippen LogP contribution is 2.37. The van der Waals surface area contributed by atoms with Crippen molar-refractivity contribution in [3.05, 3.63) is 0 Å². The number of aliphatic hydroxyl groups excluding tert-OH is 1. The monoisotopic (exact) mass is 502 g/mol. The number of nitriles is 1. The van der Waals surface area contributed by atoms with Crippen molar-refractivity contribution in [1.82, 2.24) is 14.5 Å². The smallest absolute Gasteiger partial charge is 0.338 e. The number of rotatable bonds is 7. The zero-order chi connectivity index (χ0) is 24.7. The molecule has 0 radical (unpaired) electrons. The van der Waals surface area contributed by atoms with E-state index in [2.05, 4.69) is 11.4 Å². The van der Waals surface area contributed by atoms with Crippen molar-refractivity contribution in [2.45, 2.75) is 88.4 Å². The van der Waals surface area contributed by atoms with Crippen LogP contribution in [0.3, 0.4) is 0 Å². The molecule has 0 bridgehead atoms. The second kappa shape index (κ2) is 9.59. The van der Waals surface area contributed by atoms with E-state index in [-0.39, 0.29) is 38.2 Å². The molecule has 13 heteroatoms. The first-order chi connectivity index (χ1) is 15.9. The van der Waals surface area contributed by atoms with E-state index < -0.39 is 46.2 Å². The Kier molecular flexibility index (Phi) is 7.25. The van der Waals surface area contributed by atoms with Gasteiger partial charge >= 0.3 is 10.3 Å². The average molecular weight is 503 g/mol. The third-order valence-electron chi connectivity index (χ3n) is 7.03. The van der Waals surface area contributed by atoms with Gasteiger partial charge in [0, 0.05) is 25.2 Å². The standard InChI is InChI=1S/C21H34N4O8S/c1-20(2)32-18-17(27)15(31-19(18)33-20)13-30-34(28,29)24-9-6-21(3,7-10-24)23-12-16(26)25-8-4-5-14(25)11-22/h14-15,17-19,23,27H,4-10,12-13H2,1-3H3/t14-,15?,17-,18+,19+/m0/s1. The molecule has 4 heterocycles. The highest BCUT2D eigenvalue weighted by atomic mass is 32.2. The molecule has 1 amide bonds. The minimum Gasteiger partial charge on any atom is -0.387 e. The van der Waals surface area contributed by atoms with Crippen molar-refractivity contribution in [3.63, 3.8) is 0 Å². The minimum atomic E-state index is -4.02. The van der Waals surface area contributed by atoms with Crippen molar-refractivity contribution >= 4 is 16.2 Å². The predicted molar refractivity (Wildman–Crippen MR) is 117 cm³/mol. The lowest BCUT2D eigenvalue weighted by molar-refractivity contribution is -0.217. The number of ether oxygens (including phenoxy) is 3. The molecule has 4 aliphatic heterocycles. The van der Waals surface area contributed by atoms with E-state index in [0.717, 1.165) is 6.42 Å². The first-order valence-electron chi connectivity index (χ1n) is 11.7. The van der Waals surface area contributed by atoms with Gasteiger partial charge < -0.3 is 29.5 Å². The molecule has 0 aromatic rings. The fourth-order valence-corrected chi connectivity index (χ4v) is 5.98. The van der Waals surface area contributed by atoms with Gasteiger partial charge in [-0.25, -0.2) is 0 Å². The maximum Gasteiger partial charge on any atom is 0.338 e. The van der Waals surface area contributed by atoms with Crippen molar-refractivity contribution < 1.29 is 36.7 Å². The number of carbonyl (C=O) groups excluding carboxylic acids is 1. The van der Waals surface area contributed by atoms with Gasteiger partial charge in [0.1, 0.15) is 24.4 Å². The molecule has 5 atom stereocenters. The van der Waals surface area contributed by atoms with Crippen LogP contribution in [0.4, 0.5) is 0 Å². The maximum atomic E-state index is 12.7. The van der Waals surface area contributed by atoms with E-state index in [0.29, 0.717) is 25.8 Å². The summed E-state index contributed by atoms with van der Waals surface area (Å²) in [7, 11) is -4.02. The van der Waals surface area contributed by atoms with Crippen LogP contribution < -0.4 is 5.32 Å². The van der Waals surface area contributed by atoms with E-state index in [1.807, 2.05) is 6.92 Å². The number of carbonyl (C=O) groups is 1. The molecule has 192 valence electrons. The third-order valence-corrected chi connectivity index (χ3v) is 8.46. The number of nitrogens with one attached hydrogen (secondary N) is 1. The lowest BCUT2D eigenvalue weighted by Crippen LogP contribution is -2.55. The van der Waals surface area contributed by atoms with Crippen LogP contribution >= 0.6 is 0 Å². The Bertz CT molecular complexity index is 914. The summed E-state index contributed by atoms with van der Waals surface area (Å²) < 4.78 is 48.6. The van der Waals surface area contributed by atoms with Crippen LogP contribution in [0.2, 0.25) is 0 Å². The zero-order valence-electron chi connectivity index (χ0n) is 19.8. The summed E-state index contributed by atoms with van der Waals surface area (Å²) in [6.45, 7) is 6.19. The first kappa shape index (κ1) is 25.7. The van der Waals surface area contributed by atoms with Crippen molar-refractivity contribution in [3.8, 4) is 6.07 Å². The number of hydrogen-bond donors (Lipinski definition) is 2. The van der Waals surface area contributed by atoms with E-state index >= 15 is 0 Å². The van der Waals surface area contributed by atoms with Gasteiger partial charge in [-0.15, -0.1) is 0 Å². The van der Waals surface area contributed by atoms with Crippen LogP contribution in [0.5, 0.6) is 0 Å². The fraction of sp³-hybridized carbons (Fsp3) is 0.905. The first-order valence-corrected chi connectivity index (χ1v) is 13.1. The Morgan fingerprint density at radius 1 is 1.24 bits per heavy atom. The molecule has 2 N–H and O–H groups in total. The van der Waals surface area contributed by atoms with E-state index in [9.17, 15) is 23.6 Å². The molecule has 0 saturated carbocycles. The summed E-state index contributed by atoms with van der Waals surface area (Å²) in [4.78, 5) is 14.1. The number of hydrogen-bond acceptors (Lipinski definition) is 10. The lowest BCUT2D eigenvalue weighted by Gasteiger charge is -2.39. The molecule has 0 aliphatic carbocycles. The molecule has 4 rings (SSSR count). The van der Waals surface area contributed by atoms with Gasteiger partial charge in [-0.1, -0.05) is 0 Å². The predicted octanol–water partition coefficient (Wildman–Crippen LogP) is -0.556. The van der Waals surface area contributed by atoms with Crippen molar-refractivity contribution in [2.75, 3.05) is 32.8 Å². The maximum absolute atomic E-state index is 12.7. The van der Waals surface area contributed by atoms with Crippen molar-refractivity contribution in [1.29, 1.82) is 5.26 Å². The summed E-state index contributed by atoms with van der Waals surface area (Å²) in [5.74, 6) is -0.987. The molecule has 0 aromatic carbocycles. The highest BCUT2D eigenvalue weighted by molar-refractivity contribution is 7.84. The van der Waals surface area contributed by atoms with E-state index in [4.69, 9.17) is 18.4 Å². The average Bonchev–Trinajstić information content (AvgIpc) is 3.45. The summed E-state index contributed by atoms with van der Waals surface area (Å²) in [6, 6.07) is 1.80. The van der Waals surface area contributed by atoms with Crippen LogP contribution in [-0.4, -0.2) is 103 Å².